The third-order valence-electron chi connectivity index (χ3n) is 4.36. The Hall–Kier alpha value is -1.95. The number of methoxy groups -OCH3 is 1. The first-order chi connectivity index (χ1) is 10.6. The average molecular weight is 302 g/mol. The second-order valence-corrected chi connectivity index (χ2v) is 6.04. The number of carbonyl (C=O) groups is 1. The van der Waals surface area contributed by atoms with Gasteiger partial charge < -0.3 is 4.74 Å². The van der Waals surface area contributed by atoms with Gasteiger partial charge in [-0.25, -0.2) is 4.79 Å². The molecule has 1 atom stereocenters. The third kappa shape index (κ3) is 2.59. The topological polar surface area (TPSA) is 59.7 Å². The number of hydrogen-bond acceptors (Lipinski definition) is 5. The highest BCUT2D eigenvalue weighted by Crippen LogP contribution is 2.31. The van der Waals surface area contributed by atoms with Crippen molar-refractivity contribution in [1.29, 1.82) is 0 Å². The Morgan fingerprint density at radius 1 is 1.32 bits per heavy atom. The fraction of sp³-hybridized carbons (Fsp3) is 0.562. The lowest BCUT2D eigenvalue weighted by Gasteiger charge is -2.37. The fourth-order valence-electron chi connectivity index (χ4n) is 3.22. The van der Waals surface area contributed by atoms with Crippen LogP contribution in [0.25, 0.3) is 5.65 Å². The van der Waals surface area contributed by atoms with Gasteiger partial charge in [0.1, 0.15) is 0 Å². The van der Waals surface area contributed by atoms with Gasteiger partial charge in [0.2, 0.25) is 0 Å². The third-order valence-corrected chi connectivity index (χ3v) is 4.36. The summed E-state index contributed by atoms with van der Waals surface area (Å²) in [5, 5.41) is 8.65. The second kappa shape index (κ2) is 6.04. The number of rotatable bonds is 3. The Bertz CT molecular complexity index is 680. The summed E-state index contributed by atoms with van der Waals surface area (Å²) in [4.78, 5) is 14.2. The molecule has 0 amide bonds. The minimum atomic E-state index is -0.342. The van der Waals surface area contributed by atoms with Gasteiger partial charge in [-0.1, -0.05) is 6.42 Å². The number of hydrogen-bond donors (Lipinski definition) is 0. The summed E-state index contributed by atoms with van der Waals surface area (Å²) in [5.74, 6) is 0.570. The highest BCUT2D eigenvalue weighted by Gasteiger charge is 2.29. The number of piperidine rings is 1. The highest BCUT2D eigenvalue weighted by molar-refractivity contribution is 5.89. The van der Waals surface area contributed by atoms with Gasteiger partial charge in [-0.05, 0) is 45.4 Å². The normalized spacial score (nSPS) is 19.7. The summed E-state index contributed by atoms with van der Waals surface area (Å²) >= 11 is 0. The number of fused-ring (bicyclic) bond motifs is 1. The summed E-state index contributed by atoms with van der Waals surface area (Å²) in [7, 11) is 1.39. The molecule has 1 aliphatic heterocycles. The van der Waals surface area contributed by atoms with Gasteiger partial charge in [-0.2, -0.15) is 0 Å². The number of nitrogens with zero attached hydrogens (tertiary/aromatic N) is 4. The monoisotopic (exact) mass is 302 g/mol. The number of likely N-dealkylation sites (tertiary alicyclic amines) is 1. The smallest absolute Gasteiger partial charge is 0.339 e. The average Bonchev–Trinajstić information content (AvgIpc) is 2.96. The number of carbonyl (C=O) groups excluding carboxylic acids is 1. The molecule has 0 aromatic carbocycles. The molecule has 3 rings (SSSR count). The van der Waals surface area contributed by atoms with Crippen LogP contribution in [0.3, 0.4) is 0 Å². The van der Waals surface area contributed by atoms with Crippen molar-refractivity contribution in [2.24, 2.45) is 0 Å². The van der Waals surface area contributed by atoms with Crippen LogP contribution in [0.5, 0.6) is 0 Å². The maximum atomic E-state index is 11.8. The van der Waals surface area contributed by atoms with Crippen molar-refractivity contribution < 1.29 is 9.53 Å². The summed E-state index contributed by atoms with van der Waals surface area (Å²) in [6.07, 6.45) is 5.27. The molecular weight excluding hydrogens is 280 g/mol. The van der Waals surface area contributed by atoms with Crippen molar-refractivity contribution in [3.05, 3.63) is 29.7 Å². The van der Waals surface area contributed by atoms with Crippen molar-refractivity contribution in [1.82, 2.24) is 19.5 Å². The highest BCUT2D eigenvalue weighted by atomic mass is 16.5. The fourth-order valence-corrected chi connectivity index (χ4v) is 3.22. The molecule has 2 aromatic rings. The summed E-state index contributed by atoms with van der Waals surface area (Å²) < 4.78 is 6.73. The predicted molar refractivity (Wildman–Crippen MR) is 82.8 cm³/mol. The Balaban J connectivity index is 2.04. The van der Waals surface area contributed by atoms with Gasteiger partial charge in [0.25, 0.3) is 0 Å². The lowest BCUT2D eigenvalue weighted by molar-refractivity contribution is 0.0600. The predicted octanol–water partition coefficient (Wildman–Crippen LogP) is 2.45. The molecule has 1 aliphatic rings. The Morgan fingerprint density at radius 3 is 2.86 bits per heavy atom. The molecule has 0 aliphatic carbocycles. The van der Waals surface area contributed by atoms with Crippen molar-refractivity contribution in [2.75, 3.05) is 13.7 Å². The number of esters is 1. The van der Waals surface area contributed by atoms with Crippen LogP contribution in [0.1, 0.15) is 55.3 Å². The van der Waals surface area contributed by atoms with Crippen LogP contribution in [0.2, 0.25) is 0 Å². The van der Waals surface area contributed by atoms with Crippen LogP contribution in [-0.4, -0.2) is 45.2 Å². The van der Waals surface area contributed by atoms with Gasteiger partial charge >= 0.3 is 5.97 Å². The van der Waals surface area contributed by atoms with Gasteiger partial charge in [0.05, 0.1) is 18.7 Å². The van der Waals surface area contributed by atoms with Crippen LogP contribution in [0.15, 0.2) is 18.3 Å². The zero-order chi connectivity index (χ0) is 15.7. The molecule has 6 nitrogen and oxygen atoms in total. The first-order valence-electron chi connectivity index (χ1n) is 7.80. The molecule has 1 fully saturated rings. The quantitative estimate of drug-likeness (QED) is 0.815. The van der Waals surface area contributed by atoms with Crippen LogP contribution in [0, 0.1) is 0 Å². The Kier molecular flexibility index (Phi) is 4.11. The molecule has 1 unspecified atom stereocenters. The van der Waals surface area contributed by atoms with Crippen LogP contribution in [0.4, 0.5) is 0 Å². The SMILES string of the molecule is COC(=O)c1ccc2nnc(C3CCCCN3C(C)C)n2c1. The largest absolute Gasteiger partial charge is 0.465 e. The number of aromatic nitrogens is 3. The van der Waals surface area contributed by atoms with E-state index >= 15 is 0 Å². The van der Waals surface area contributed by atoms with E-state index in [9.17, 15) is 4.79 Å². The zero-order valence-corrected chi connectivity index (χ0v) is 13.3. The molecule has 22 heavy (non-hydrogen) atoms. The molecule has 0 bridgehead atoms. The molecule has 0 saturated carbocycles. The summed E-state index contributed by atoms with van der Waals surface area (Å²) in [6.45, 7) is 5.50. The molecule has 118 valence electrons. The second-order valence-electron chi connectivity index (χ2n) is 6.04. The molecule has 0 spiro atoms. The van der Waals surface area contributed by atoms with Crippen LogP contribution >= 0.6 is 0 Å². The van der Waals surface area contributed by atoms with E-state index in [1.807, 2.05) is 10.5 Å². The lowest BCUT2D eigenvalue weighted by atomic mass is 9.99. The van der Waals surface area contributed by atoms with E-state index in [-0.39, 0.29) is 12.0 Å². The van der Waals surface area contributed by atoms with Gasteiger partial charge in [0, 0.05) is 12.2 Å². The summed E-state index contributed by atoms with van der Waals surface area (Å²) in [5.41, 5.74) is 1.28. The molecule has 2 aromatic heterocycles. The molecule has 0 radical (unpaired) electrons. The zero-order valence-electron chi connectivity index (χ0n) is 13.3. The molecule has 6 heteroatoms. The van der Waals surface area contributed by atoms with Crippen molar-refractivity contribution in [3.63, 3.8) is 0 Å². The summed E-state index contributed by atoms with van der Waals surface area (Å²) in [6, 6.07) is 4.24. The van der Waals surface area contributed by atoms with Crippen molar-refractivity contribution in [3.8, 4) is 0 Å². The Morgan fingerprint density at radius 2 is 2.14 bits per heavy atom. The Labute approximate surface area is 130 Å². The van der Waals surface area contributed by atoms with Gasteiger partial charge in [0.15, 0.2) is 11.5 Å². The van der Waals surface area contributed by atoms with E-state index in [4.69, 9.17) is 4.74 Å². The first kappa shape index (κ1) is 15.0. The van der Waals surface area contributed by atoms with Crippen molar-refractivity contribution in [2.45, 2.75) is 45.2 Å². The van der Waals surface area contributed by atoms with E-state index in [1.54, 1.807) is 12.3 Å². The molecule has 1 saturated heterocycles. The van der Waals surface area contributed by atoms with E-state index in [0.717, 1.165) is 24.4 Å². The number of pyridine rings is 1. The van der Waals surface area contributed by atoms with E-state index < -0.39 is 0 Å². The molecular formula is C16H22N4O2. The maximum Gasteiger partial charge on any atom is 0.339 e. The molecule has 3 heterocycles. The maximum absolute atomic E-state index is 11.8. The van der Waals surface area contributed by atoms with Crippen molar-refractivity contribution >= 4 is 11.6 Å². The van der Waals surface area contributed by atoms with Gasteiger partial charge in [-0.15, -0.1) is 10.2 Å². The van der Waals surface area contributed by atoms with Crippen LogP contribution < -0.4 is 0 Å². The minimum absolute atomic E-state index is 0.247. The van der Waals surface area contributed by atoms with E-state index in [0.29, 0.717) is 11.6 Å². The van der Waals surface area contributed by atoms with E-state index in [2.05, 4.69) is 28.9 Å². The first-order valence-corrected chi connectivity index (χ1v) is 7.80. The van der Waals surface area contributed by atoms with E-state index in [1.165, 1.54) is 20.0 Å². The standard InChI is InChI=1S/C16H22N4O2/c1-11(2)19-9-5-4-6-13(19)15-18-17-14-8-7-12(10-20(14)15)16(21)22-3/h7-8,10-11,13H,4-6,9H2,1-3H3. The minimum Gasteiger partial charge on any atom is -0.465 e. The lowest BCUT2D eigenvalue weighted by Crippen LogP contribution is -2.39. The molecule has 0 N–H and O–H groups in total. The van der Waals surface area contributed by atoms with Gasteiger partial charge in [-0.3, -0.25) is 9.30 Å². The van der Waals surface area contributed by atoms with Crippen LogP contribution in [-0.2, 0) is 4.74 Å². The number of ether oxygens (including phenoxy) is 1.